The molecule has 1 saturated heterocycles. The molecule has 0 spiro atoms. The van der Waals surface area contributed by atoms with Crippen molar-refractivity contribution in [1.29, 1.82) is 0 Å². The van der Waals surface area contributed by atoms with Gasteiger partial charge in [-0.25, -0.2) is 4.39 Å². The predicted octanol–water partition coefficient (Wildman–Crippen LogP) is 6.74. The number of aryl methyl sites for hydroxylation is 2. The number of rotatable bonds is 5. The lowest BCUT2D eigenvalue weighted by Crippen LogP contribution is -2.40. The summed E-state index contributed by atoms with van der Waals surface area (Å²) in [6, 6.07) is 10.1. The smallest absolute Gasteiger partial charge is 0.192 e. The van der Waals surface area contributed by atoms with Crippen LogP contribution in [-0.2, 0) is 11.0 Å². The first-order chi connectivity index (χ1) is 14.0. The van der Waals surface area contributed by atoms with E-state index in [1.165, 1.54) is 5.56 Å². The van der Waals surface area contributed by atoms with Gasteiger partial charge < -0.3 is 9.33 Å². The molecule has 0 N–H and O–H groups in total. The van der Waals surface area contributed by atoms with Gasteiger partial charge in [0.05, 0.1) is 12.3 Å². The van der Waals surface area contributed by atoms with E-state index in [1.807, 2.05) is 18.2 Å². The van der Waals surface area contributed by atoms with E-state index >= 15 is 4.39 Å². The molecule has 2 aromatic rings. The number of benzene rings is 1. The Morgan fingerprint density at radius 3 is 2.27 bits per heavy atom. The number of nitrogens with zero attached hydrogens (tertiary/aromatic N) is 2. The first-order valence-electron chi connectivity index (χ1n) is 11.1. The van der Waals surface area contributed by atoms with Gasteiger partial charge in [0.2, 0.25) is 0 Å². The minimum atomic E-state index is -1.91. The molecule has 1 aromatic heterocycles. The Labute approximate surface area is 182 Å². The van der Waals surface area contributed by atoms with Crippen LogP contribution < -0.4 is 4.90 Å². The molecule has 30 heavy (non-hydrogen) atoms. The molecular weight excluding hydrogens is 391 g/mol. The maximum atomic E-state index is 15.3. The number of hydrogen-bond acceptors (Lipinski definition) is 3. The highest BCUT2D eigenvalue weighted by Gasteiger charge is 2.37. The zero-order valence-electron chi connectivity index (χ0n) is 19.7. The van der Waals surface area contributed by atoms with Crippen molar-refractivity contribution in [3.8, 4) is 0 Å². The molecule has 1 aromatic carbocycles. The van der Waals surface area contributed by atoms with Crippen LogP contribution in [0.4, 0.5) is 10.1 Å². The Morgan fingerprint density at radius 2 is 1.70 bits per heavy atom. The van der Waals surface area contributed by atoms with Crippen LogP contribution in [0.2, 0.25) is 18.1 Å². The Bertz CT molecular complexity index is 863. The van der Waals surface area contributed by atoms with Crippen molar-refractivity contribution in [3.05, 3.63) is 58.7 Å². The van der Waals surface area contributed by atoms with E-state index in [1.54, 1.807) is 0 Å². The van der Waals surface area contributed by atoms with Crippen LogP contribution in [-0.4, -0.2) is 26.4 Å². The van der Waals surface area contributed by atoms with Crippen LogP contribution in [0.1, 0.15) is 62.0 Å². The number of anilines is 1. The molecule has 1 aliphatic rings. The van der Waals surface area contributed by atoms with E-state index in [0.29, 0.717) is 23.8 Å². The monoisotopic (exact) mass is 428 g/mol. The highest BCUT2D eigenvalue weighted by molar-refractivity contribution is 6.74. The van der Waals surface area contributed by atoms with Crippen molar-refractivity contribution in [3.63, 3.8) is 0 Å². The Kier molecular flexibility index (Phi) is 6.73. The molecule has 1 aliphatic heterocycles. The quantitative estimate of drug-likeness (QED) is 0.493. The minimum Gasteiger partial charge on any atom is -0.412 e. The zero-order chi connectivity index (χ0) is 22.1. The van der Waals surface area contributed by atoms with Gasteiger partial charge in [-0.15, -0.1) is 0 Å². The molecule has 2 heterocycles. The van der Waals surface area contributed by atoms with E-state index in [4.69, 9.17) is 4.43 Å². The summed E-state index contributed by atoms with van der Waals surface area (Å²) in [7, 11) is -1.91. The first-order valence-corrected chi connectivity index (χ1v) is 14.0. The second-order valence-corrected chi connectivity index (χ2v) is 15.1. The third-order valence-corrected chi connectivity index (χ3v) is 11.3. The molecule has 164 valence electrons. The van der Waals surface area contributed by atoms with Crippen LogP contribution in [0.5, 0.6) is 0 Å². The molecular formula is C25H37FN2OSi. The van der Waals surface area contributed by atoms with E-state index in [9.17, 15) is 0 Å². The molecule has 3 rings (SSSR count). The normalized spacial score (nSPS) is 16.2. The average Bonchev–Trinajstić information content (AvgIpc) is 2.66. The number of halogens is 1. The van der Waals surface area contributed by atoms with Gasteiger partial charge in [-0.05, 0) is 74.5 Å². The lowest BCUT2D eigenvalue weighted by molar-refractivity contribution is 0.271. The number of hydrogen-bond donors (Lipinski definition) is 0. The molecule has 3 nitrogen and oxygen atoms in total. The number of pyridine rings is 1. The molecule has 0 amide bonds. The lowest BCUT2D eigenvalue weighted by atomic mass is 9.89. The van der Waals surface area contributed by atoms with Gasteiger partial charge >= 0.3 is 0 Å². The minimum absolute atomic E-state index is 0.118. The molecule has 1 fully saturated rings. The lowest BCUT2D eigenvalue weighted by Gasteiger charge is -2.36. The average molecular weight is 429 g/mol. The second kappa shape index (κ2) is 8.79. The van der Waals surface area contributed by atoms with Gasteiger partial charge in [0.1, 0.15) is 0 Å². The summed E-state index contributed by atoms with van der Waals surface area (Å²) in [5, 5.41) is 0.118. The predicted molar refractivity (Wildman–Crippen MR) is 126 cm³/mol. The number of piperidine rings is 1. The first kappa shape index (κ1) is 23.0. The summed E-state index contributed by atoms with van der Waals surface area (Å²) in [6.07, 6.45) is 2.07. The van der Waals surface area contributed by atoms with Crippen molar-refractivity contribution in [1.82, 2.24) is 4.98 Å². The van der Waals surface area contributed by atoms with Crippen molar-refractivity contribution < 1.29 is 8.82 Å². The van der Waals surface area contributed by atoms with Crippen LogP contribution >= 0.6 is 0 Å². The third kappa shape index (κ3) is 5.12. The van der Waals surface area contributed by atoms with Gasteiger partial charge in [0, 0.05) is 30.0 Å². The molecule has 0 bridgehead atoms. The van der Waals surface area contributed by atoms with Crippen LogP contribution in [0.3, 0.4) is 0 Å². The highest BCUT2D eigenvalue weighted by Crippen LogP contribution is 2.38. The van der Waals surface area contributed by atoms with Gasteiger partial charge in [0.25, 0.3) is 0 Å². The summed E-state index contributed by atoms with van der Waals surface area (Å²) in [6.45, 7) is 17.2. The maximum absolute atomic E-state index is 15.3. The Hall–Kier alpha value is -1.72. The fourth-order valence-corrected chi connectivity index (χ4v) is 4.90. The standard InChI is InChI=1S/C25H37FN2OSi/c1-18-15-22(16-19(2)27-18)20-11-13-28(14-12-20)23-10-8-9-21(24(23)26)17-29-30(6,7)25(3,4)5/h8-10,15-16,20H,11-14,17H2,1-7H3. The van der Waals surface area contributed by atoms with Gasteiger partial charge in [-0.2, -0.15) is 0 Å². The topological polar surface area (TPSA) is 25.4 Å². The van der Waals surface area contributed by atoms with E-state index in [2.05, 4.69) is 69.7 Å². The zero-order valence-corrected chi connectivity index (χ0v) is 20.7. The van der Waals surface area contributed by atoms with Gasteiger partial charge in [0.15, 0.2) is 14.1 Å². The highest BCUT2D eigenvalue weighted by atomic mass is 28.4. The SMILES string of the molecule is Cc1cc(C2CCN(c3cccc(CO[Si](C)(C)C(C)(C)C)c3F)CC2)cc(C)n1. The molecule has 5 heteroatoms. The molecule has 0 radical (unpaired) electrons. The summed E-state index contributed by atoms with van der Waals surface area (Å²) >= 11 is 0. The van der Waals surface area contributed by atoms with Gasteiger partial charge in [-0.1, -0.05) is 32.9 Å². The summed E-state index contributed by atoms with van der Waals surface area (Å²) < 4.78 is 21.6. The molecule has 0 aliphatic carbocycles. The van der Waals surface area contributed by atoms with E-state index in [0.717, 1.165) is 37.3 Å². The maximum Gasteiger partial charge on any atom is 0.192 e. The van der Waals surface area contributed by atoms with Crippen LogP contribution in [0, 0.1) is 19.7 Å². The third-order valence-electron chi connectivity index (χ3n) is 6.86. The summed E-state index contributed by atoms with van der Waals surface area (Å²) in [5.41, 5.74) is 4.91. The Morgan fingerprint density at radius 1 is 1.10 bits per heavy atom. The second-order valence-electron chi connectivity index (χ2n) is 10.2. The fraction of sp³-hybridized carbons (Fsp3) is 0.560. The van der Waals surface area contributed by atoms with E-state index < -0.39 is 8.32 Å². The number of aromatic nitrogens is 1. The summed E-state index contributed by atoms with van der Waals surface area (Å²) in [4.78, 5) is 6.69. The van der Waals surface area contributed by atoms with Crippen molar-refractivity contribution in [2.45, 2.75) is 78.1 Å². The summed E-state index contributed by atoms with van der Waals surface area (Å²) in [5.74, 6) is 0.403. The molecule has 0 saturated carbocycles. The van der Waals surface area contributed by atoms with Crippen molar-refractivity contribution >= 4 is 14.0 Å². The Balaban J connectivity index is 1.68. The fourth-order valence-electron chi connectivity index (χ4n) is 3.95. The largest absolute Gasteiger partial charge is 0.412 e. The molecule has 0 unspecified atom stereocenters. The van der Waals surface area contributed by atoms with E-state index in [-0.39, 0.29) is 10.9 Å². The van der Waals surface area contributed by atoms with Gasteiger partial charge in [-0.3, -0.25) is 4.98 Å². The van der Waals surface area contributed by atoms with Crippen molar-refractivity contribution in [2.75, 3.05) is 18.0 Å². The van der Waals surface area contributed by atoms with Crippen LogP contribution in [0.25, 0.3) is 0 Å². The van der Waals surface area contributed by atoms with Crippen LogP contribution in [0.15, 0.2) is 30.3 Å². The molecule has 0 atom stereocenters. The van der Waals surface area contributed by atoms with Crippen molar-refractivity contribution in [2.24, 2.45) is 0 Å².